The fourth-order valence-electron chi connectivity index (χ4n) is 0.994. The van der Waals surface area contributed by atoms with Crippen molar-refractivity contribution in [3.8, 4) is 0 Å². The zero-order valence-corrected chi connectivity index (χ0v) is 8.15. The first-order chi connectivity index (χ1) is 6.36. The van der Waals surface area contributed by atoms with E-state index >= 15 is 0 Å². The van der Waals surface area contributed by atoms with Crippen molar-refractivity contribution in [3.63, 3.8) is 0 Å². The molecule has 0 spiro atoms. The zero-order valence-electron chi connectivity index (χ0n) is 8.15. The molecule has 0 atom stereocenters. The van der Waals surface area contributed by atoms with Gasteiger partial charge in [0.15, 0.2) is 0 Å². The summed E-state index contributed by atoms with van der Waals surface area (Å²) in [5, 5.41) is 1.04. The molecule has 0 aliphatic carbocycles. The van der Waals surface area contributed by atoms with Gasteiger partial charge in [0.2, 0.25) is 0 Å². The predicted molar refractivity (Wildman–Crippen MR) is 53.4 cm³/mol. The molecule has 0 bridgehead atoms. The molecule has 2 aromatic heterocycles. The molecule has 0 fully saturated rings. The van der Waals surface area contributed by atoms with Crippen molar-refractivity contribution in [1.82, 2.24) is 15.0 Å². The van der Waals surface area contributed by atoms with Crippen molar-refractivity contribution in [3.05, 3.63) is 30.5 Å². The third-order valence-electron chi connectivity index (χ3n) is 1.53. The summed E-state index contributed by atoms with van der Waals surface area (Å²) in [4.78, 5) is 12.1. The fourth-order valence-corrected chi connectivity index (χ4v) is 0.994. The minimum absolute atomic E-state index is 0.894. The molecule has 0 saturated heterocycles. The average molecular weight is 175 g/mol. The van der Waals surface area contributed by atoms with E-state index in [1.807, 2.05) is 26.8 Å². The Balaban J connectivity index is 0.000000396. The van der Waals surface area contributed by atoms with Crippen LogP contribution in [0.3, 0.4) is 0 Å². The Labute approximate surface area is 77.9 Å². The van der Waals surface area contributed by atoms with E-state index in [0.29, 0.717) is 0 Å². The molecule has 0 aliphatic heterocycles. The summed E-state index contributed by atoms with van der Waals surface area (Å²) in [6.45, 7) is 5.95. The molecule has 3 nitrogen and oxygen atoms in total. The number of fused-ring (bicyclic) bond motifs is 1. The third-order valence-corrected chi connectivity index (χ3v) is 1.53. The second kappa shape index (κ2) is 4.50. The van der Waals surface area contributed by atoms with E-state index in [1.54, 1.807) is 12.4 Å². The van der Waals surface area contributed by atoms with Crippen molar-refractivity contribution < 1.29 is 0 Å². The lowest BCUT2D eigenvalue weighted by Crippen LogP contribution is -1.84. The Kier molecular flexibility index (Phi) is 3.31. The highest BCUT2D eigenvalue weighted by Gasteiger charge is 1.92. The first kappa shape index (κ1) is 9.58. The predicted octanol–water partition coefficient (Wildman–Crippen LogP) is 2.36. The van der Waals surface area contributed by atoms with Gasteiger partial charge >= 0.3 is 0 Å². The van der Waals surface area contributed by atoms with Gasteiger partial charge in [-0.1, -0.05) is 13.8 Å². The second-order valence-corrected chi connectivity index (χ2v) is 2.41. The molecule has 0 amide bonds. The second-order valence-electron chi connectivity index (χ2n) is 2.41. The summed E-state index contributed by atoms with van der Waals surface area (Å²) in [6, 6.07) is 1.97. The molecular formula is C10H13N3. The number of pyridine rings is 1. The largest absolute Gasteiger partial charge is 0.259 e. The van der Waals surface area contributed by atoms with E-state index in [1.165, 1.54) is 6.33 Å². The van der Waals surface area contributed by atoms with Gasteiger partial charge in [-0.15, -0.1) is 0 Å². The molecular weight excluding hydrogens is 162 g/mol. The summed E-state index contributed by atoms with van der Waals surface area (Å²) in [6.07, 6.45) is 5.07. The summed E-state index contributed by atoms with van der Waals surface area (Å²) in [5.41, 5.74) is 1.89. The Morgan fingerprint density at radius 1 is 1.08 bits per heavy atom. The van der Waals surface area contributed by atoms with Gasteiger partial charge in [-0.25, -0.2) is 9.97 Å². The maximum Gasteiger partial charge on any atom is 0.116 e. The quantitative estimate of drug-likeness (QED) is 0.617. The van der Waals surface area contributed by atoms with Crippen LogP contribution in [0.4, 0.5) is 0 Å². The molecule has 68 valence electrons. The number of hydrogen-bond donors (Lipinski definition) is 0. The highest BCUT2D eigenvalue weighted by Crippen LogP contribution is 2.07. The van der Waals surface area contributed by atoms with Crippen LogP contribution in [0.5, 0.6) is 0 Å². The van der Waals surface area contributed by atoms with E-state index < -0.39 is 0 Å². The van der Waals surface area contributed by atoms with Crippen molar-refractivity contribution >= 4 is 10.9 Å². The smallest absolute Gasteiger partial charge is 0.116 e. The molecule has 2 aromatic rings. The first-order valence-electron chi connectivity index (χ1n) is 4.38. The van der Waals surface area contributed by atoms with Crippen LogP contribution in [-0.4, -0.2) is 15.0 Å². The van der Waals surface area contributed by atoms with E-state index in [4.69, 9.17) is 0 Å². The van der Waals surface area contributed by atoms with Crippen LogP contribution >= 0.6 is 0 Å². The maximum atomic E-state index is 4.12. The Hall–Kier alpha value is -1.51. The van der Waals surface area contributed by atoms with Crippen LogP contribution in [0.2, 0.25) is 0 Å². The molecule has 0 radical (unpaired) electrons. The number of nitrogens with zero attached hydrogens (tertiary/aromatic N) is 3. The van der Waals surface area contributed by atoms with Crippen molar-refractivity contribution in [1.29, 1.82) is 0 Å². The molecule has 0 unspecified atom stereocenters. The molecule has 13 heavy (non-hydrogen) atoms. The SMILES string of the molecule is CC.Cc1cc2cncnc2cn1. The van der Waals surface area contributed by atoms with Crippen LogP contribution < -0.4 is 0 Å². The topological polar surface area (TPSA) is 38.7 Å². The van der Waals surface area contributed by atoms with Crippen LogP contribution in [-0.2, 0) is 0 Å². The van der Waals surface area contributed by atoms with Gasteiger partial charge in [0.1, 0.15) is 6.33 Å². The highest BCUT2D eigenvalue weighted by molar-refractivity contribution is 5.76. The normalized spacial score (nSPS) is 9.15. The van der Waals surface area contributed by atoms with Crippen molar-refractivity contribution in [2.45, 2.75) is 20.8 Å². The van der Waals surface area contributed by atoms with Crippen LogP contribution in [0.1, 0.15) is 19.5 Å². The minimum Gasteiger partial charge on any atom is -0.259 e. The lowest BCUT2D eigenvalue weighted by Gasteiger charge is -1.94. The summed E-state index contributed by atoms with van der Waals surface area (Å²) in [7, 11) is 0. The molecule has 0 N–H and O–H groups in total. The summed E-state index contributed by atoms with van der Waals surface area (Å²) >= 11 is 0. The molecule has 2 heterocycles. The van der Waals surface area contributed by atoms with Gasteiger partial charge in [-0.2, -0.15) is 0 Å². The standard InChI is InChI=1S/C8H7N3.C2H6/c1-6-2-7-3-9-5-11-8(7)4-10-6;1-2/h2-5H,1H3;1-2H3. The van der Waals surface area contributed by atoms with Crippen LogP contribution in [0.25, 0.3) is 10.9 Å². The van der Waals surface area contributed by atoms with Crippen LogP contribution in [0, 0.1) is 6.92 Å². The van der Waals surface area contributed by atoms with Gasteiger partial charge in [0, 0.05) is 17.3 Å². The van der Waals surface area contributed by atoms with Gasteiger partial charge in [0.25, 0.3) is 0 Å². The lowest BCUT2D eigenvalue weighted by molar-refractivity contribution is 1.17. The van der Waals surface area contributed by atoms with Crippen molar-refractivity contribution in [2.24, 2.45) is 0 Å². The van der Waals surface area contributed by atoms with Gasteiger partial charge in [0.05, 0.1) is 11.7 Å². The molecule has 0 saturated carbocycles. The third kappa shape index (κ3) is 2.21. The number of aryl methyl sites for hydroxylation is 1. The monoisotopic (exact) mass is 175 g/mol. The molecule has 0 aliphatic rings. The van der Waals surface area contributed by atoms with E-state index in [2.05, 4.69) is 15.0 Å². The van der Waals surface area contributed by atoms with E-state index in [-0.39, 0.29) is 0 Å². The number of rotatable bonds is 0. The van der Waals surface area contributed by atoms with Crippen LogP contribution in [0.15, 0.2) is 24.8 Å². The van der Waals surface area contributed by atoms with Gasteiger partial charge in [-0.05, 0) is 13.0 Å². The van der Waals surface area contributed by atoms with Crippen molar-refractivity contribution in [2.75, 3.05) is 0 Å². The van der Waals surface area contributed by atoms with E-state index in [9.17, 15) is 0 Å². The average Bonchev–Trinajstić information content (AvgIpc) is 2.21. The number of hydrogen-bond acceptors (Lipinski definition) is 3. The minimum atomic E-state index is 0.894. The first-order valence-corrected chi connectivity index (χ1v) is 4.38. The maximum absolute atomic E-state index is 4.12. The lowest BCUT2D eigenvalue weighted by atomic mass is 10.3. The summed E-state index contributed by atoms with van der Waals surface area (Å²) in [5.74, 6) is 0. The molecule has 2 rings (SSSR count). The number of aromatic nitrogens is 3. The Bertz CT molecular complexity index is 385. The summed E-state index contributed by atoms with van der Waals surface area (Å²) < 4.78 is 0. The highest BCUT2D eigenvalue weighted by atomic mass is 14.8. The van der Waals surface area contributed by atoms with Gasteiger partial charge < -0.3 is 0 Å². The van der Waals surface area contributed by atoms with E-state index in [0.717, 1.165) is 16.6 Å². The van der Waals surface area contributed by atoms with Gasteiger partial charge in [-0.3, -0.25) is 4.98 Å². The molecule has 0 aromatic carbocycles. The molecule has 3 heteroatoms. The zero-order chi connectivity index (χ0) is 9.68. The fraction of sp³-hybridized carbons (Fsp3) is 0.300. The Morgan fingerprint density at radius 3 is 2.62 bits per heavy atom. The Morgan fingerprint density at radius 2 is 1.85 bits per heavy atom.